The van der Waals surface area contributed by atoms with Gasteiger partial charge in [0.2, 0.25) is 11.8 Å². The summed E-state index contributed by atoms with van der Waals surface area (Å²) < 4.78 is 2.70. The second kappa shape index (κ2) is 8.26. The predicted molar refractivity (Wildman–Crippen MR) is 108 cm³/mol. The molecule has 9 heteroatoms. The van der Waals surface area contributed by atoms with Crippen LogP contribution in [0.15, 0.2) is 11.0 Å². The molecule has 1 aliphatic carbocycles. The molecule has 158 valence electrons. The summed E-state index contributed by atoms with van der Waals surface area (Å²) in [6.45, 7) is 8.07. The molecular weight excluding hydrogens is 374 g/mol. The van der Waals surface area contributed by atoms with Crippen molar-refractivity contribution in [3.05, 3.63) is 27.7 Å². The molecule has 2 amide bonds. The second-order valence-electron chi connectivity index (χ2n) is 8.38. The van der Waals surface area contributed by atoms with Crippen molar-refractivity contribution in [1.29, 1.82) is 0 Å². The van der Waals surface area contributed by atoms with Crippen LogP contribution in [0.3, 0.4) is 0 Å². The number of aromatic hydroxyl groups is 1. The molecule has 2 heterocycles. The molecular formula is C20H29N5O4. The molecule has 0 atom stereocenters. The van der Waals surface area contributed by atoms with Crippen LogP contribution in [0.1, 0.15) is 62.9 Å². The fourth-order valence-corrected chi connectivity index (χ4v) is 3.29. The highest BCUT2D eigenvalue weighted by Crippen LogP contribution is 2.23. The Hall–Kier alpha value is -2.84. The minimum Gasteiger partial charge on any atom is -0.492 e. The first-order chi connectivity index (χ1) is 13.7. The van der Waals surface area contributed by atoms with Crippen molar-refractivity contribution >= 4 is 17.5 Å². The highest BCUT2D eigenvalue weighted by molar-refractivity contribution is 5.96. The van der Waals surface area contributed by atoms with E-state index < -0.39 is 17.3 Å². The van der Waals surface area contributed by atoms with Crippen LogP contribution >= 0.6 is 0 Å². The summed E-state index contributed by atoms with van der Waals surface area (Å²) in [4.78, 5) is 37.7. The van der Waals surface area contributed by atoms with Crippen LogP contribution in [-0.4, -0.2) is 43.2 Å². The summed E-state index contributed by atoms with van der Waals surface area (Å²) in [6.07, 6.45) is 3.89. The molecule has 9 nitrogen and oxygen atoms in total. The van der Waals surface area contributed by atoms with E-state index in [1.807, 2.05) is 27.7 Å². The van der Waals surface area contributed by atoms with Gasteiger partial charge in [0, 0.05) is 30.6 Å². The maximum Gasteiger partial charge on any atom is 0.270 e. The Bertz CT molecular complexity index is 985. The molecule has 0 bridgehead atoms. The van der Waals surface area contributed by atoms with Gasteiger partial charge in [0.1, 0.15) is 5.65 Å². The van der Waals surface area contributed by atoms with Crippen LogP contribution in [0.25, 0.3) is 5.65 Å². The summed E-state index contributed by atoms with van der Waals surface area (Å²) in [5, 5.41) is 20.4. The summed E-state index contributed by atoms with van der Waals surface area (Å²) >= 11 is 0. The normalized spacial score (nSPS) is 14.0. The molecule has 3 rings (SSSR count). The average molecular weight is 403 g/mol. The van der Waals surface area contributed by atoms with Crippen molar-refractivity contribution in [2.45, 2.75) is 72.0 Å². The van der Waals surface area contributed by atoms with Gasteiger partial charge >= 0.3 is 0 Å². The molecule has 0 aromatic carbocycles. The van der Waals surface area contributed by atoms with E-state index in [9.17, 15) is 19.5 Å². The fourth-order valence-electron chi connectivity index (χ4n) is 3.29. The number of carbonyl (C=O) groups is 2. The molecule has 2 aromatic heterocycles. The Balaban J connectivity index is 2.03. The highest BCUT2D eigenvalue weighted by atomic mass is 16.3. The van der Waals surface area contributed by atoms with Gasteiger partial charge in [-0.05, 0) is 39.0 Å². The lowest BCUT2D eigenvalue weighted by molar-refractivity contribution is -0.121. The first kappa shape index (κ1) is 20.9. The maximum atomic E-state index is 13.1. The van der Waals surface area contributed by atoms with E-state index in [2.05, 4.69) is 15.7 Å². The Morgan fingerprint density at radius 3 is 2.55 bits per heavy atom. The molecule has 2 aromatic rings. The van der Waals surface area contributed by atoms with E-state index >= 15 is 0 Å². The molecule has 0 saturated heterocycles. The number of carbonyl (C=O) groups excluding carboxylic acids is 2. The van der Waals surface area contributed by atoms with E-state index in [4.69, 9.17) is 0 Å². The quantitative estimate of drug-likeness (QED) is 0.612. The predicted octanol–water partition coefficient (Wildman–Crippen LogP) is 1.21. The summed E-state index contributed by atoms with van der Waals surface area (Å²) in [5.74, 6) is -1.02. The van der Waals surface area contributed by atoms with Gasteiger partial charge in [-0.2, -0.15) is 9.61 Å². The number of nitrogens with zero attached hydrogens (tertiary/aromatic N) is 3. The van der Waals surface area contributed by atoms with Gasteiger partial charge in [-0.1, -0.05) is 13.8 Å². The third kappa shape index (κ3) is 4.60. The van der Waals surface area contributed by atoms with Gasteiger partial charge in [0.25, 0.3) is 11.5 Å². The lowest BCUT2D eigenvalue weighted by atomic mass is 10.1. The monoisotopic (exact) mass is 403 g/mol. The van der Waals surface area contributed by atoms with Crippen LogP contribution in [0.5, 0.6) is 5.88 Å². The lowest BCUT2D eigenvalue weighted by Crippen LogP contribution is -2.36. The van der Waals surface area contributed by atoms with Crippen LogP contribution < -0.4 is 16.2 Å². The second-order valence-corrected chi connectivity index (χ2v) is 8.38. The molecule has 1 fully saturated rings. The molecule has 1 saturated carbocycles. The average Bonchev–Trinajstić information content (AvgIpc) is 3.32. The Morgan fingerprint density at radius 2 is 1.97 bits per heavy atom. The molecule has 0 unspecified atom stereocenters. The number of aryl methyl sites for hydroxylation is 1. The zero-order valence-corrected chi connectivity index (χ0v) is 17.4. The van der Waals surface area contributed by atoms with E-state index in [1.165, 1.54) is 15.3 Å². The Labute approximate surface area is 169 Å². The molecule has 0 aliphatic heterocycles. The third-order valence-corrected chi connectivity index (χ3v) is 4.71. The van der Waals surface area contributed by atoms with Gasteiger partial charge in [0.05, 0.1) is 6.20 Å². The zero-order valence-electron chi connectivity index (χ0n) is 17.4. The Kier molecular flexibility index (Phi) is 5.95. The number of hydrogen-bond acceptors (Lipinski definition) is 5. The van der Waals surface area contributed by atoms with E-state index in [1.54, 1.807) is 0 Å². The van der Waals surface area contributed by atoms with Crippen molar-refractivity contribution in [3.63, 3.8) is 0 Å². The lowest BCUT2D eigenvalue weighted by Gasteiger charge is -2.16. The van der Waals surface area contributed by atoms with Gasteiger partial charge in [0.15, 0.2) is 5.56 Å². The minimum atomic E-state index is -0.581. The maximum absolute atomic E-state index is 13.1. The van der Waals surface area contributed by atoms with Crippen molar-refractivity contribution in [1.82, 2.24) is 24.8 Å². The van der Waals surface area contributed by atoms with Crippen molar-refractivity contribution in [2.24, 2.45) is 5.92 Å². The smallest absolute Gasteiger partial charge is 0.270 e. The van der Waals surface area contributed by atoms with E-state index in [0.717, 1.165) is 12.8 Å². The van der Waals surface area contributed by atoms with E-state index in [0.29, 0.717) is 24.2 Å². The van der Waals surface area contributed by atoms with Crippen molar-refractivity contribution in [2.75, 3.05) is 0 Å². The van der Waals surface area contributed by atoms with Gasteiger partial charge in [-0.3, -0.25) is 19.0 Å². The SMILES string of the molecule is CC(C)Cn1c(=O)c(C(=O)NC2CC2)c(O)n2ncc(CCC(=O)NC(C)C)c12. The van der Waals surface area contributed by atoms with Crippen molar-refractivity contribution in [3.8, 4) is 5.88 Å². The van der Waals surface area contributed by atoms with Crippen LogP contribution in [0.4, 0.5) is 0 Å². The number of hydrogen-bond donors (Lipinski definition) is 3. The Morgan fingerprint density at radius 1 is 1.28 bits per heavy atom. The fraction of sp³-hybridized carbons (Fsp3) is 0.600. The number of nitrogens with one attached hydrogen (secondary N) is 2. The summed E-state index contributed by atoms with van der Waals surface area (Å²) in [6, 6.07) is 0.102. The summed E-state index contributed by atoms with van der Waals surface area (Å²) in [7, 11) is 0. The summed E-state index contributed by atoms with van der Waals surface area (Å²) in [5.41, 5.74) is 0.250. The number of amides is 2. The standard InChI is InChI=1S/C20H29N5O4/c1-11(2)10-24-18-13(5-8-15(26)22-12(3)4)9-21-25(18)20(29)16(19(24)28)17(27)23-14-6-7-14/h9,11-12,14,29H,5-8,10H2,1-4H3,(H,22,26)(H,23,27). The van der Waals surface area contributed by atoms with E-state index in [-0.39, 0.29) is 35.9 Å². The first-order valence-electron chi connectivity index (χ1n) is 10.1. The van der Waals surface area contributed by atoms with Crippen LogP contribution in [-0.2, 0) is 17.8 Å². The first-order valence-corrected chi connectivity index (χ1v) is 10.1. The van der Waals surface area contributed by atoms with Gasteiger partial charge in [-0.25, -0.2) is 0 Å². The molecule has 0 radical (unpaired) electrons. The largest absolute Gasteiger partial charge is 0.492 e. The molecule has 1 aliphatic rings. The van der Waals surface area contributed by atoms with Gasteiger partial charge < -0.3 is 15.7 Å². The number of aromatic nitrogens is 3. The van der Waals surface area contributed by atoms with Gasteiger partial charge in [-0.15, -0.1) is 0 Å². The molecule has 0 spiro atoms. The zero-order chi connectivity index (χ0) is 21.3. The number of fused-ring (bicyclic) bond motifs is 1. The molecule has 3 N–H and O–H groups in total. The van der Waals surface area contributed by atoms with Crippen molar-refractivity contribution < 1.29 is 14.7 Å². The topological polar surface area (TPSA) is 118 Å². The third-order valence-electron chi connectivity index (χ3n) is 4.71. The molecule has 29 heavy (non-hydrogen) atoms. The minimum absolute atomic E-state index is 0.0436. The van der Waals surface area contributed by atoms with Crippen LogP contribution in [0, 0.1) is 5.92 Å². The van der Waals surface area contributed by atoms with Crippen LogP contribution in [0.2, 0.25) is 0 Å². The highest BCUT2D eigenvalue weighted by Gasteiger charge is 2.30. The number of rotatable bonds is 8.